The predicted molar refractivity (Wildman–Crippen MR) is 84.7 cm³/mol. The highest BCUT2D eigenvalue weighted by Gasteiger charge is 2.42. The Kier molecular flexibility index (Phi) is 4.85. The lowest BCUT2D eigenvalue weighted by Gasteiger charge is -2.38. The van der Waals surface area contributed by atoms with Gasteiger partial charge >= 0.3 is 0 Å². The van der Waals surface area contributed by atoms with Crippen molar-refractivity contribution in [2.75, 3.05) is 32.8 Å². The fourth-order valence-electron chi connectivity index (χ4n) is 3.65. The van der Waals surface area contributed by atoms with Gasteiger partial charge in [0.1, 0.15) is 0 Å². The molecule has 0 aromatic heterocycles. The van der Waals surface area contributed by atoms with Crippen molar-refractivity contribution >= 4 is 11.6 Å². The van der Waals surface area contributed by atoms with Gasteiger partial charge < -0.3 is 14.7 Å². The fourth-order valence-corrected chi connectivity index (χ4v) is 3.78. The van der Waals surface area contributed by atoms with Crippen LogP contribution in [0.3, 0.4) is 0 Å². The summed E-state index contributed by atoms with van der Waals surface area (Å²) in [6, 6.07) is 8.10. The van der Waals surface area contributed by atoms with Crippen LogP contribution in [0.25, 0.3) is 0 Å². The maximum atomic E-state index is 9.03. The van der Waals surface area contributed by atoms with E-state index in [0.717, 1.165) is 37.7 Å². The van der Waals surface area contributed by atoms with Crippen LogP contribution in [0.4, 0.5) is 0 Å². The smallest absolute Gasteiger partial charge is 0.0621 e. The highest BCUT2D eigenvalue weighted by atomic mass is 35.5. The molecule has 3 nitrogen and oxygen atoms in total. The Balaban J connectivity index is 1.52. The van der Waals surface area contributed by atoms with Gasteiger partial charge in [0.2, 0.25) is 0 Å². The molecule has 2 fully saturated rings. The summed E-state index contributed by atoms with van der Waals surface area (Å²) in [6.45, 7) is 4.17. The van der Waals surface area contributed by atoms with Crippen LogP contribution in [0.15, 0.2) is 24.3 Å². The maximum Gasteiger partial charge on any atom is 0.0621 e. The summed E-state index contributed by atoms with van der Waals surface area (Å²) in [7, 11) is 0. The number of halogens is 1. The van der Waals surface area contributed by atoms with Crippen LogP contribution in [0, 0.1) is 5.41 Å². The molecule has 21 heavy (non-hydrogen) atoms. The number of β-amino-alcohol motifs (C(OH)–C–C–N with tert-alkyl or cyclic N) is 1. The van der Waals surface area contributed by atoms with Crippen molar-refractivity contribution in [2.24, 2.45) is 5.41 Å². The lowest BCUT2D eigenvalue weighted by atomic mass is 9.76. The summed E-state index contributed by atoms with van der Waals surface area (Å²) in [5.74, 6) is 0. The van der Waals surface area contributed by atoms with E-state index < -0.39 is 0 Å². The van der Waals surface area contributed by atoms with Gasteiger partial charge in [-0.3, -0.25) is 0 Å². The molecule has 1 aromatic carbocycles. The van der Waals surface area contributed by atoms with Crippen molar-refractivity contribution in [3.63, 3.8) is 0 Å². The summed E-state index contributed by atoms with van der Waals surface area (Å²) in [6.07, 6.45) is 4.89. The zero-order valence-corrected chi connectivity index (χ0v) is 13.2. The maximum absolute atomic E-state index is 9.03. The predicted octanol–water partition coefficient (Wildman–Crippen LogP) is 2.75. The van der Waals surface area contributed by atoms with E-state index in [9.17, 15) is 0 Å². The highest BCUT2D eigenvalue weighted by Crippen LogP contribution is 2.42. The summed E-state index contributed by atoms with van der Waals surface area (Å²) in [4.78, 5) is 2.36. The summed E-state index contributed by atoms with van der Waals surface area (Å²) < 4.78 is 6.07. The molecule has 116 valence electrons. The molecular formula is C17H24ClNO2. The minimum atomic E-state index is 0.267. The van der Waals surface area contributed by atoms with E-state index in [1.54, 1.807) is 0 Å². The van der Waals surface area contributed by atoms with Gasteiger partial charge in [0.15, 0.2) is 0 Å². The Morgan fingerprint density at radius 3 is 2.62 bits per heavy atom. The molecule has 0 unspecified atom stereocenters. The number of hydrogen-bond donors (Lipinski definition) is 1. The zero-order valence-electron chi connectivity index (χ0n) is 12.4. The number of benzene rings is 1. The molecule has 1 spiro atoms. The number of hydrogen-bond acceptors (Lipinski definition) is 3. The second-order valence-corrected chi connectivity index (χ2v) is 6.97. The highest BCUT2D eigenvalue weighted by molar-refractivity contribution is 6.30. The minimum absolute atomic E-state index is 0.267. The normalized spacial score (nSPS) is 25.5. The number of likely N-dealkylation sites (tertiary alicyclic amines) is 1. The molecule has 4 heteroatoms. The van der Waals surface area contributed by atoms with Gasteiger partial charge in [-0.15, -0.1) is 0 Å². The van der Waals surface area contributed by atoms with Crippen LogP contribution in [-0.4, -0.2) is 49.0 Å². The number of piperidine rings is 1. The van der Waals surface area contributed by atoms with Crippen molar-refractivity contribution in [1.82, 2.24) is 4.90 Å². The Hall–Kier alpha value is -0.610. The second kappa shape index (κ2) is 6.66. The van der Waals surface area contributed by atoms with Gasteiger partial charge in [-0.25, -0.2) is 0 Å². The van der Waals surface area contributed by atoms with Crippen LogP contribution < -0.4 is 0 Å². The third-order valence-electron chi connectivity index (χ3n) is 5.00. The SMILES string of the molecule is OCCN1CCC2(CC1)CO[C@@H](Cc1ccc(Cl)cc1)C2. The molecule has 0 aliphatic carbocycles. The Labute approximate surface area is 131 Å². The van der Waals surface area contributed by atoms with E-state index >= 15 is 0 Å². The third kappa shape index (κ3) is 3.78. The zero-order chi connectivity index (χ0) is 14.7. The number of rotatable bonds is 4. The molecule has 0 bridgehead atoms. The van der Waals surface area contributed by atoms with Crippen molar-refractivity contribution < 1.29 is 9.84 Å². The van der Waals surface area contributed by atoms with Crippen LogP contribution >= 0.6 is 11.6 Å². The van der Waals surface area contributed by atoms with Gasteiger partial charge in [-0.05, 0) is 61.9 Å². The van der Waals surface area contributed by atoms with Crippen LogP contribution in [-0.2, 0) is 11.2 Å². The topological polar surface area (TPSA) is 32.7 Å². The standard InChI is InChI=1S/C17H24ClNO2/c18-15-3-1-14(2-4-15)11-16-12-17(13-21-16)5-7-19(8-6-17)9-10-20/h1-4,16,20H,5-13H2/t16-/m0/s1. The van der Waals surface area contributed by atoms with E-state index in [1.165, 1.54) is 24.8 Å². The summed E-state index contributed by atoms with van der Waals surface area (Å²) >= 11 is 5.93. The van der Waals surface area contributed by atoms with Crippen LogP contribution in [0.5, 0.6) is 0 Å². The van der Waals surface area contributed by atoms with Gasteiger partial charge in [-0.2, -0.15) is 0 Å². The van der Waals surface area contributed by atoms with Crippen molar-refractivity contribution in [3.05, 3.63) is 34.9 Å². The number of aliphatic hydroxyl groups is 1. The van der Waals surface area contributed by atoms with E-state index in [4.69, 9.17) is 21.4 Å². The second-order valence-electron chi connectivity index (χ2n) is 6.53. The van der Waals surface area contributed by atoms with Gasteiger partial charge in [-0.1, -0.05) is 23.7 Å². The van der Waals surface area contributed by atoms with E-state index in [1.807, 2.05) is 12.1 Å². The average Bonchev–Trinajstić information content (AvgIpc) is 2.87. The van der Waals surface area contributed by atoms with Crippen LogP contribution in [0.2, 0.25) is 5.02 Å². The molecule has 0 saturated carbocycles. The molecule has 0 amide bonds. The first kappa shape index (κ1) is 15.3. The molecule has 1 N–H and O–H groups in total. The van der Waals surface area contributed by atoms with Gasteiger partial charge in [0.05, 0.1) is 19.3 Å². The van der Waals surface area contributed by atoms with Crippen molar-refractivity contribution in [3.8, 4) is 0 Å². The lowest BCUT2D eigenvalue weighted by Crippen LogP contribution is -2.41. The molecule has 2 heterocycles. The molecular weight excluding hydrogens is 286 g/mol. The van der Waals surface area contributed by atoms with E-state index in [-0.39, 0.29) is 6.61 Å². The number of aliphatic hydroxyl groups excluding tert-OH is 1. The third-order valence-corrected chi connectivity index (χ3v) is 5.25. The number of nitrogens with zero attached hydrogens (tertiary/aromatic N) is 1. The molecule has 2 saturated heterocycles. The summed E-state index contributed by atoms with van der Waals surface area (Å²) in [5.41, 5.74) is 1.68. The quantitative estimate of drug-likeness (QED) is 0.928. The van der Waals surface area contributed by atoms with E-state index in [2.05, 4.69) is 17.0 Å². The Morgan fingerprint density at radius 1 is 1.24 bits per heavy atom. The summed E-state index contributed by atoms with van der Waals surface area (Å²) in [5, 5.41) is 9.82. The minimum Gasteiger partial charge on any atom is -0.395 e. The van der Waals surface area contributed by atoms with Gasteiger partial charge in [0.25, 0.3) is 0 Å². The molecule has 3 rings (SSSR count). The largest absolute Gasteiger partial charge is 0.395 e. The fraction of sp³-hybridized carbons (Fsp3) is 0.647. The molecule has 2 aliphatic heterocycles. The first-order valence-electron chi connectivity index (χ1n) is 7.88. The first-order valence-corrected chi connectivity index (χ1v) is 8.26. The van der Waals surface area contributed by atoms with Crippen LogP contribution in [0.1, 0.15) is 24.8 Å². The molecule has 2 aliphatic rings. The molecule has 1 aromatic rings. The monoisotopic (exact) mass is 309 g/mol. The van der Waals surface area contributed by atoms with Gasteiger partial charge in [0, 0.05) is 11.6 Å². The van der Waals surface area contributed by atoms with E-state index in [0.29, 0.717) is 11.5 Å². The molecule has 0 radical (unpaired) electrons. The first-order chi connectivity index (χ1) is 10.2. The van der Waals surface area contributed by atoms with Crippen molar-refractivity contribution in [1.29, 1.82) is 0 Å². The molecule has 1 atom stereocenters. The average molecular weight is 310 g/mol. The Morgan fingerprint density at radius 2 is 1.95 bits per heavy atom. The lowest BCUT2D eigenvalue weighted by molar-refractivity contribution is 0.0600. The Bertz CT molecular complexity index is 454. The number of ether oxygens (including phenoxy) is 1. The van der Waals surface area contributed by atoms with Crippen molar-refractivity contribution in [2.45, 2.75) is 31.8 Å².